The molecule has 100 valence electrons. The van der Waals surface area contributed by atoms with Crippen molar-refractivity contribution < 1.29 is 14.0 Å². The highest BCUT2D eigenvalue weighted by Crippen LogP contribution is 2.14. The van der Waals surface area contributed by atoms with Gasteiger partial charge in [0.2, 0.25) is 6.29 Å². The summed E-state index contributed by atoms with van der Waals surface area (Å²) in [6.45, 7) is 0.431. The standard InChI is InChI=1S/C13H14N2O4/c1-14(12(17)8-16)6-5-9-3-4-10-11(7-9)19-13(18)15(10)2/h3-4,7-8H,5-6H2,1-2H3. The van der Waals surface area contributed by atoms with E-state index in [1.54, 1.807) is 26.2 Å². The lowest BCUT2D eigenvalue weighted by atomic mass is 10.1. The number of oxazole rings is 1. The van der Waals surface area contributed by atoms with Crippen molar-refractivity contribution in [2.24, 2.45) is 7.05 Å². The minimum atomic E-state index is -0.549. The number of carbonyl (C=O) groups is 2. The molecule has 0 bridgehead atoms. The van der Waals surface area contributed by atoms with Gasteiger partial charge in [-0.1, -0.05) is 6.07 Å². The fraction of sp³-hybridized carbons (Fsp3) is 0.308. The fourth-order valence-corrected chi connectivity index (χ4v) is 1.83. The fourth-order valence-electron chi connectivity index (χ4n) is 1.83. The Labute approximate surface area is 109 Å². The molecule has 1 heterocycles. The number of amides is 1. The van der Waals surface area contributed by atoms with Gasteiger partial charge in [0.25, 0.3) is 5.91 Å². The van der Waals surface area contributed by atoms with Crippen molar-refractivity contribution in [2.45, 2.75) is 6.42 Å². The number of hydrogen-bond donors (Lipinski definition) is 0. The van der Waals surface area contributed by atoms with Crippen molar-refractivity contribution in [3.8, 4) is 0 Å². The second-order valence-corrected chi connectivity index (χ2v) is 4.36. The van der Waals surface area contributed by atoms with Crippen LogP contribution in [0, 0.1) is 0 Å². The van der Waals surface area contributed by atoms with Gasteiger partial charge in [0.1, 0.15) is 0 Å². The van der Waals surface area contributed by atoms with Crippen LogP contribution in [0.2, 0.25) is 0 Å². The quantitative estimate of drug-likeness (QED) is 0.588. The lowest BCUT2D eigenvalue weighted by molar-refractivity contribution is -0.137. The largest absolute Gasteiger partial charge is 0.419 e. The molecular formula is C13H14N2O4. The van der Waals surface area contributed by atoms with Crippen LogP contribution < -0.4 is 5.76 Å². The topological polar surface area (TPSA) is 72.5 Å². The summed E-state index contributed by atoms with van der Waals surface area (Å²) in [4.78, 5) is 34.1. The van der Waals surface area contributed by atoms with Crippen molar-refractivity contribution in [2.75, 3.05) is 13.6 Å². The third kappa shape index (κ3) is 2.57. The molecule has 0 spiro atoms. The summed E-state index contributed by atoms with van der Waals surface area (Å²) in [5, 5.41) is 0. The van der Waals surface area contributed by atoms with Crippen molar-refractivity contribution in [1.29, 1.82) is 0 Å². The number of rotatable bonds is 4. The average molecular weight is 262 g/mol. The maximum Gasteiger partial charge on any atom is 0.419 e. The normalized spacial score (nSPS) is 10.6. The first-order valence-electron chi connectivity index (χ1n) is 5.81. The Morgan fingerprint density at radius 1 is 1.47 bits per heavy atom. The van der Waals surface area contributed by atoms with Gasteiger partial charge in [-0.05, 0) is 24.1 Å². The first-order valence-corrected chi connectivity index (χ1v) is 5.81. The number of hydrogen-bond acceptors (Lipinski definition) is 4. The smallest absolute Gasteiger partial charge is 0.408 e. The Morgan fingerprint density at radius 3 is 2.89 bits per heavy atom. The molecule has 0 aliphatic carbocycles. The Morgan fingerprint density at radius 2 is 2.21 bits per heavy atom. The molecule has 0 unspecified atom stereocenters. The number of aryl methyl sites for hydroxylation is 1. The molecule has 0 saturated carbocycles. The SMILES string of the molecule is CN(CCc1ccc2c(c1)oc(=O)n2C)C(=O)C=O. The number of fused-ring (bicyclic) bond motifs is 1. The lowest BCUT2D eigenvalue weighted by Crippen LogP contribution is -2.29. The molecule has 0 radical (unpaired) electrons. The van der Waals surface area contributed by atoms with Crippen molar-refractivity contribution in [1.82, 2.24) is 9.47 Å². The summed E-state index contributed by atoms with van der Waals surface area (Å²) in [7, 11) is 3.21. The average Bonchev–Trinajstić information content (AvgIpc) is 2.70. The monoisotopic (exact) mass is 262 g/mol. The van der Waals surface area contributed by atoms with Gasteiger partial charge in [-0.2, -0.15) is 0 Å². The van der Waals surface area contributed by atoms with Crippen molar-refractivity contribution in [3.63, 3.8) is 0 Å². The third-order valence-corrected chi connectivity index (χ3v) is 3.07. The highest BCUT2D eigenvalue weighted by molar-refractivity contribution is 6.23. The van der Waals surface area contributed by atoms with Crippen molar-refractivity contribution in [3.05, 3.63) is 34.3 Å². The maximum absolute atomic E-state index is 11.3. The second-order valence-electron chi connectivity index (χ2n) is 4.36. The highest BCUT2D eigenvalue weighted by atomic mass is 16.4. The molecule has 6 nitrogen and oxygen atoms in total. The van der Waals surface area contributed by atoms with E-state index >= 15 is 0 Å². The number of aromatic nitrogens is 1. The van der Waals surface area contributed by atoms with E-state index in [0.29, 0.717) is 24.8 Å². The van der Waals surface area contributed by atoms with E-state index in [9.17, 15) is 14.4 Å². The highest BCUT2D eigenvalue weighted by Gasteiger charge is 2.09. The predicted octanol–water partition coefficient (Wildman–Crippen LogP) is 0.331. The molecule has 1 aromatic carbocycles. The van der Waals surface area contributed by atoms with Crippen molar-refractivity contribution >= 4 is 23.3 Å². The van der Waals surface area contributed by atoms with Crippen LogP contribution in [0.25, 0.3) is 11.1 Å². The minimum Gasteiger partial charge on any atom is -0.408 e. The van der Waals surface area contributed by atoms with Gasteiger partial charge in [0, 0.05) is 20.6 Å². The molecule has 2 aromatic rings. The molecule has 0 N–H and O–H groups in total. The molecule has 2 rings (SSSR count). The van der Waals surface area contributed by atoms with Crippen LogP contribution in [0.4, 0.5) is 0 Å². The Balaban J connectivity index is 2.16. The first-order chi connectivity index (χ1) is 9.02. The van der Waals surface area contributed by atoms with Gasteiger partial charge in [0.15, 0.2) is 5.58 Å². The van der Waals surface area contributed by atoms with Crippen LogP contribution in [0.3, 0.4) is 0 Å². The zero-order chi connectivity index (χ0) is 14.0. The molecule has 6 heteroatoms. The van der Waals surface area contributed by atoms with Crippen LogP contribution in [-0.2, 0) is 23.1 Å². The van der Waals surface area contributed by atoms with Gasteiger partial charge in [-0.15, -0.1) is 0 Å². The van der Waals surface area contributed by atoms with Gasteiger partial charge in [-0.3, -0.25) is 14.2 Å². The van der Waals surface area contributed by atoms with E-state index in [0.717, 1.165) is 11.1 Å². The van der Waals surface area contributed by atoms with Crippen LogP contribution in [0.1, 0.15) is 5.56 Å². The van der Waals surface area contributed by atoms with Crippen LogP contribution in [0.15, 0.2) is 27.4 Å². The Hall–Kier alpha value is -2.37. The van der Waals surface area contributed by atoms with Gasteiger partial charge >= 0.3 is 5.76 Å². The van der Waals surface area contributed by atoms with Crippen LogP contribution in [-0.4, -0.2) is 35.3 Å². The molecule has 0 saturated heterocycles. The number of benzene rings is 1. The van der Waals surface area contributed by atoms with E-state index in [1.165, 1.54) is 9.47 Å². The molecule has 0 fully saturated rings. The molecule has 0 aliphatic heterocycles. The van der Waals surface area contributed by atoms with E-state index in [1.807, 2.05) is 6.07 Å². The van der Waals surface area contributed by atoms with Crippen LogP contribution in [0.5, 0.6) is 0 Å². The molecular weight excluding hydrogens is 248 g/mol. The lowest BCUT2D eigenvalue weighted by Gasteiger charge is -2.13. The minimum absolute atomic E-state index is 0.291. The summed E-state index contributed by atoms with van der Waals surface area (Å²) in [6.07, 6.45) is 0.879. The summed E-state index contributed by atoms with van der Waals surface area (Å²) in [6, 6.07) is 5.45. The summed E-state index contributed by atoms with van der Waals surface area (Å²) >= 11 is 0. The van der Waals surface area contributed by atoms with Gasteiger partial charge in [-0.25, -0.2) is 4.79 Å². The summed E-state index contributed by atoms with van der Waals surface area (Å²) < 4.78 is 6.52. The third-order valence-electron chi connectivity index (χ3n) is 3.07. The van der Waals surface area contributed by atoms with Gasteiger partial charge < -0.3 is 9.32 Å². The van der Waals surface area contributed by atoms with E-state index < -0.39 is 11.7 Å². The second kappa shape index (κ2) is 5.09. The van der Waals surface area contributed by atoms with E-state index in [2.05, 4.69) is 0 Å². The number of carbonyl (C=O) groups excluding carboxylic acids is 2. The number of aldehydes is 1. The zero-order valence-electron chi connectivity index (χ0n) is 10.8. The summed E-state index contributed by atoms with van der Waals surface area (Å²) in [5.74, 6) is -0.951. The Bertz CT molecular complexity index is 683. The van der Waals surface area contributed by atoms with E-state index in [4.69, 9.17) is 4.42 Å². The molecule has 0 atom stereocenters. The Kier molecular flexibility index (Phi) is 3.50. The molecule has 0 aliphatic rings. The zero-order valence-corrected chi connectivity index (χ0v) is 10.8. The van der Waals surface area contributed by atoms with Crippen LogP contribution >= 0.6 is 0 Å². The van der Waals surface area contributed by atoms with Gasteiger partial charge in [0.05, 0.1) is 5.52 Å². The maximum atomic E-state index is 11.3. The number of likely N-dealkylation sites (N-methyl/N-ethyl adjacent to an activating group) is 1. The molecule has 1 amide bonds. The number of nitrogens with zero attached hydrogens (tertiary/aromatic N) is 2. The van der Waals surface area contributed by atoms with E-state index in [-0.39, 0.29) is 0 Å². The molecule has 19 heavy (non-hydrogen) atoms. The summed E-state index contributed by atoms with van der Waals surface area (Å²) in [5.41, 5.74) is 2.19. The predicted molar refractivity (Wildman–Crippen MR) is 68.9 cm³/mol. The first kappa shape index (κ1) is 13.1. The molecule has 1 aromatic heterocycles.